The molecule has 4 heteroatoms. The maximum Gasteiger partial charge on any atom is 0.336 e. The number of ketones is 1. The minimum Gasteiger partial charge on any atom is -0.426 e. The molecule has 0 saturated heterocycles. The first-order chi connectivity index (χ1) is 15.7. The van der Waals surface area contributed by atoms with Gasteiger partial charge >= 0.3 is 5.97 Å². The number of aliphatic hydroxyl groups is 1. The number of hydrogen-bond donors (Lipinski definition) is 1. The predicted molar refractivity (Wildman–Crippen MR) is 133 cm³/mol. The van der Waals surface area contributed by atoms with Crippen molar-refractivity contribution in [1.82, 2.24) is 0 Å². The molecular formula is C30H44O4. The Morgan fingerprint density at radius 1 is 1.09 bits per heavy atom. The summed E-state index contributed by atoms with van der Waals surface area (Å²) in [6, 6.07) is 0. The van der Waals surface area contributed by atoms with Crippen molar-refractivity contribution in [1.29, 1.82) is 0 Å². The van der Waals surface area contributed by atoms with Gasteiger partial charge in [0.05, 0.1) is 0 Å². The molecule has 8 atom stereocenters. The summed E-state index contributed by atoms with van der Waals surface area (Å²) in [5, 5.41) is 11.0. The molecule has 1 N–H and O–H groups in total. The largest absolute Gasteiger partial charge is 0.426 e. The number of carbonyl (C=O) groups is 2. The van der Waals surface area contributed by atoms with Gasteiger partial charge < -0.3 is 9.84 Å². The number of carbonyl (C=O) groups excluding carboxylic acids is 2. The molecule has 1 heterocycles. The summed E-state index contributed by atoms with van der Waals surface area (Å²) in [5.41, 5.74) is 2.45. The van der Waals surface area contributed by atoms with Crippen LogP contribution in [0.2, 0.25) is 0 Å². The van der Waals surface area contributed by atoms with Gasteiger partial charge in [0.15, 0.2) is 0 Å². The second kappa shape index (κ2) is 7.31. The van der Waals surface area contributed by atoms with Gasteiger partial charge in [-0.1, -0.05) is 53.2 Å². The molecule has 0 aromatic heterocycles. The van der Waals surface area contributed by atoms with Crippen molar-refractivity contribution in [2.24, 2.45) is 45.3 Å². The van der Waals surface area contributed by atoms with Crippen LogP contribution < -0.4 is 0 Å². The molecule has 0 unspecified atom stereocenters. The molecule has 5 rings (SSSR count). The van der Waals surface area contributed by atoms with E-state index in [4.69, 9.17) is 4.74 Å². The average Bonchev–Trinajstić information content (AvgIpc) is 3.16. The summed E-state index contributed by atoms with van der Waals surface area (Å²) in [7, 11) is 0. The van der Waals surface area contributed by atoms with E-state index in [9.17, 15) is 14.7 Å². The summed E-state index contributed by atoms with van der Waals surface area (Å²) >= 11 is 0. The lowest BCUT2D eigenvalue weighted by atomic mass is 9.41. The van der Waals surface area contributed by atoms with E-state index in [1.54, 1.807) is 18.6 Å². The van der Waals surface area contributed by atoms with E-state index in [-0.39, 0.29) is 27.6 Å². The number of Topliss-reactive ketones (excluding diaryl/α,β-unsaturated/α-hetero) is 1. The van der Waals surface area contributed by atoms with Crippen LogP contribution in [0.5, 0.6) is 0 Å². The number of ether oxygens (including phenoxy) is 1. The van der Waals surface area contributed by atoms with Crippen molar-refractivity contribution in [3.8, 4) is 0 Å². The molecule has 34 heavy (non-hydrogen) atoms. The van der Waals surface area contributed by atoms with Crippen LogP contribution in [0.4, 0.5) is 0 Å². The summed E-state index contributed by atoms with van der Waals surface area (Å²) < 4.78 is 5.36. The molecule has 4 aliphatic carbocycles. The Morgan fingerprint density at radius 2 is 1.79 bits per heavy atom. The van der Waals surface area contributed by atoms with E-state index in [1.165, 1.54) is 19.3 Å². The van der Waals surface area contributed by atoms with Crippen LogP contribution in [0.25, 0.3) is 0 Å². The van der Waals surface area contributed by atoms with E-state index < -0.39 is 11.8 Å². The normalized spacial score (nSPS) is 48.3. The minimum atomic E-state index is -1.46. The van der Waals surface area contributed by atoms with E-state index in [0.717, 1.165) is 25.7 Å². The summed E-state index contributed by atoms with van der Waals surface area (Å²) in [4.78, 5) is 24.7. The average molecular weight is 469 g/mol. The van der Waals surface area contributed by atoms with Gasteiger partial charge in [-0.3, -0.25) is 4.79 Å². The number of rotatable bonds is 3. The maximum atomic E-state index is 12.8. The molecule has 4 nitrogen and oxygen atoms in total. The molecule has 3 fully saturated rings. The third-order valence-electron chi connectivity index (χ3n) is 12.0. The van der Waals surface area contributed by atoms with Gasteiger partial charge in [0.25, 0.3) is 0 Å². The van der Waals surface area contributed by atoms with Crippen LogP contribution in [-0.2, 0) is 14.3 Å². The lowest BCUT2D eigenvalue weighted by Crippen LogP contribution is -2.57. The van der Waals surface area contributed by atoms with Crippen LogP contribution in [-0.4, -0.2) is 22.6 Å². The summed E-state index contributed by atoms with van der Waals surface area (Å²) in [6.45, 7) is 15.8. The van der Waals surface area contributed by atoms with Crippen LogP contribution >= 0.6 is 0 Å². The molecule has 0 spiro atoms. The lowest BCUT2D eigenvalue weighted by molar-refractivity contribution is -0.186. The zero-order chi connectivity index (χ0) is 24.9. The van der Waals surface area contributed by atoms with Crippen LogP contribution in [0, 0.1) is 45.3 Å². The molecule has 1 aliphatic heterocycles. The number of esters is 1. The Bertz CT molecular complexity index is 990. The van der Waals surface area contributed by atoms with Gasteiger partial charge in [0.2, 0.25) is 5.79 Å². The standard InChI is InChI=1S/C30H44O4/c1-18(16-30(33)17-19(2)25(32)34-30)20-10-14-29(7)22-8-9-23-26(3,4)24(31)12-13-27(23,5)21(22)11-15-28(20,29)6/h8,17-18,20-21,23,33H,9-16H2,1-7H3/t18-,20-,21-,23-,27-,28-,29+,30+/m1/s1. The highest BCUT2D eigenvalue weighted by molar-refractivity contribution is 5.90. The first kappa shape index (κ1) is 24.3. The molecule has 188 valence electrons. The molecule has 0 radical (unpaired) electrons. The first-order valence-electron chi connectivity index (χ1n) is 13.6. The monoisotopic (exact) mass is 468 g/mol. The van der Waals surface area contributed by atoms with Crippen molar-refractivity contribution in [2.45, 2.75) is 106 Å². The Labute approximate surface area is 205 Å². The first-order valence-corrected chi connectivity index (χ1v) is 13.6. The second-order valence-electron chi connectivity index (χ2n) is 13.8. The van der Waals surface area contributed by atoms with Crippen LogP contribution in [0.15, 0.2) is 23.3 Å². The van der Waals surface area contributed by atoms with E-state index in [1.807, 2.05) is 0 Å². The van der Waals surface area contributed by atoms with Gasteiger partial charge in [-0.05, 0) is 91.4 Å². The Morgan fingerprint density at radius 3 is 2.44 bits per heavy atom. The van der Waals surface area contributed by atoms with Crippen molar-refractivity contribution >= 4 is 11.8 Å². The van der Waals surface area contributed by atoms with Crippen molar-refractivity contribution in [3.05, 3.63) is 23.3 Å². The fourth-order valence-corrected chi connectivity index (χ4v) is 9.84. The van der Waals surface area contributed by atoms with E-state index in [2.05, 4.69) is 47.6 Å². The Balaban J connectivity index is 1.44. The highest BCUT2D eigenvalue weighted by Crippen LogP contribution is 2.73. The number of allylic oxidation sites excluding steroid dienone is 2. The third-order valence-corrected chi connectivity index (χ3v) is 12.0. The Hall–Kier alpha value is -1.42. The van der Waals surface area contributed by atoms with Crippen LogP contribution in [0.1, 0.15) is 99.8 Å². The van der Waals surface area contributed by atoms with Gasteiger partial charge in [0, 0.05) is 23.8 Å². The molecule has 0 aromatic carbocycles. The van der Waals surface area contributed by atoms with Gasteiger partial charge in [0.1, 0.15) is 5.78 Å². The predicted octanol–water partition coefficient (Wildman–Crippen LogP) is 6.38. The number of cyclic esters (lactones) is 1. The smallest absolute Gasteiger partial charge is 0.336 e. The molecule has 3 saturated carbocycles. The van der Waals surface area contributed by atoms with Crippen molar-refractivity contribution < 1.29 is 19.4 Å². The Kier molecular flexibility index (Phi) is 5.22. The highest BCUT2D eigenvalue weighted by Gasteiger charge is 2.65. The fourth-order valence-electron chi connectivity index (χ4n) is 9.84. The molecular weight excluding hydrogens is 424 g/mol. The second-order valence-corrected chi connectivity index (χ2v) is 13.8. The molecule has 0 bridgehead atoms. The number of hydrogen-bond acceptors (Lipinski definition) is 4. The van der Waals surface area contributed by atoms with Gasteiger partial charge in [-0.15, -0.1) is 0 Å². The zero-order valence-corrected chi connectivity index (χ0v) is 22.3. The summed E-state index contributed by atoms with van der Waals surface area (Å²) in [5.74, 6) is 0.313. The lowest BCUT2D eigenvalue weighted by Gasteiger charge is -2.63. The van der Waals surface area contributed by atoms with Gasteiger partial charge in [-0.2, -0.15) is 0 Å². The van der Waals surface area contributed by atoms with E-state index >= 15 is 0 Å². The minimum absolute atomic E-state index is 0.148. The van der Waals surface area contributed by atoms with Crippen molar-refractivity contribution in [2.75, 3.05) is 0 Å². The topological polar surface area (TPSA) is 63.6 Å². The molecule has 0 amide bonds. The van der Waals surface area contributed by atoms with Crippen LogP contribution in [0.3, 0.4) is 0 Å². The highest BCUT2D eigenvalue weighted by atomic mass is 16.7. The van der Waals surface area contributed by atoms with Crippen molar-refractivity contribution in [3.63, 3.8) is 0 Å². The quantitative estimate of drug-likeness (QED) is 0.386. The maximum absolute atomic E-state index is 12.8. The number of fused-ring (bicyclic) bond motifs is 5. The summed E-state index contributed by atoms with van der Waals surface area (Å²) in [6.07, 6.45) is 12.1. The third kappa shape index (κ3) is 3.06. The zero-order valence-electron chi connectivity index (χ0n) is 22.3. The SMILES string of the molecule is CC1=C[C@](O)(C[C@@H](C)[C@H]2CC[C@@]3(C)C4=CC[C@@H]5C(C)(C)C(=O)CC[C@]5(C)[C@@H]4CC[C@]23C)OC1=O. The van der Waals surface area contributed by atoms with E-state index in [0.29, 0.717) is 35.5 Å². The van der Waals surface area contributed by atoms with Gasteiger partial charge in [-0.25, -0.2) is 4.79 Å². The molecule has 0 aromatic rings. The fraction of sp³-hybridized carbons (Fsp3) is 0.800. The molecule has 5 aliphatic rings.